The van der Waals surface area contributed by atoms with Gasteiger partial charge in [0.2, 0.25) is 5.36 Å². The van der Waals surface area contributed by atoms with Crippen LogP contribution in [0.3, 0.4) is 0 Å². The van der Waals surface area contributed by atoms with Crippen LogP contribution in [0.25, 0.3) is 44.5 Å². The fraction of sp³-hybridized carbons (Fsp3) is 0.161. The number of aromatic hydroxyl groups is 1. The fourth-order valence-corrected chi connectivity index (χ4v) is 8.88. The number of nitrogens with zero attached hydrogens (tertiary/aromatic N) is 11. The van der Waals surface area contributed by atoms with Gasteiger partial charge in [0, 0.05) is 111 Å². The van der Waals surface area contributed by atoms with Crippen LogP contribution in [-0.4, -0.2) is 134 Å². The van der Waals surface area contributed by atoms with Crippen molar-refractivity contribution in [1.82, 2.24) is 29.9 Å². The number of carbonyl (C=O) groups is 7. The van der Waals surface area contributed by atoms with Crippen LogP contribution >= 0.6 is 0 Å². The van der Waals surface area contributed by atoms with E-state index in [1.165, 1.54) is 56.7 Å². The number of phenols is 1. The van der Waals surface area contributed by atoms with E-state index in [4.69, 9.17) is 18.7 Å². The van der Waals surface area contributed by atoms with Crippen LogP contribution < -0.4 is 29.2 Å². The van der Waals surface area contributed by atoms with Crippen molar-refractivity contribution >= 4 is 97.6 Å². The first-order chi connectivity index (χ1) is 41.7. The lowest BCUT2D eigenvalue weighted by molar-refractivity contribution is -0.172. The zero-order chi connectivity index (χ0) is 62.2. The monoisotopic (exact) mass is 1180 g/mol. The summed E-state index contributed by atoms with van der Waals surface area (Å²) in [5.74, 6) is -4.17. The molecule has 3 aliphatic heterocycles. The molecule has 4 aliphatic rings. The Morgan fingerprint density at radius 3 is 1.79 bits per heavy atom. The Kier molecular flexibility index (Phi) is 17.7. The number of carboxylic acid groups (broad SMARTS) is 1. The van der Waals surface area contributed by atoms with Gasteiger partial charge < -0.3 is 38.7 Å². The van der Waals surface area contributed by atoms with Gasteiger partial charge in [-0.05, 0) is 103 Å². The van der Waals surface area contributed by atoms with Crippen molar-refractivity contribution < 1.29 is 62.5 Å². The van der Waals surface area contributed by atoms with Gasteiger partial charge in [-0.1, -0.05) is 6.07 Å². The quantitative estimate of drug-likeness (QED) is 0.0419. The number of hydrogen-bond donors (Lipinski definition) is 3. The number of carboxylic acids is 1. The van der Waals surface area contributed by atoms with Gasteiger partial charge in [-0.2, -0.15) is 30.8 Å². The maximum Gasteiger partial charge on any atom is 0.363 e. The number of benzene rings is 7. The Hall–Kier alpha value is -11.8. The van der Waals surface area contributed by atoms with Crippen molar-refractivity contribution in [2.75, 3.05) is 66.3 Å². The Labute approximate surface area is 495 Å². The van der Waals surface area contributed by atoms with Gasteiger partial charge in [-0.15, -0.1) is 10.2 Å². The van der Waals surface area contributed by atoms with Crippen LogP contribution in [0.5, 0.6) is 17.2 Å². The smallest absolute Gasteiger partial charge is 0.363 e. The number of rotatable bonds is 13. The minimum absolute atomic E-state index is 0.0247. The number of anilines is 2. The summed E-state index contributed by atoms with van der Waals surface area (Å²) in [7, 11) is 14.5. The van der Waals surface area contributed by atoms with Crippen molar-refractivity contribution in [1.29, 1.82) is 0 Å². The fourth-order valence-electron chi connectivity index (χ4n) is 8.88. The van der Waals surface area contributed by atoms with Crippen LogP contribution in [0.2, 0.25) is 0 Å². The van der Waals surface area contributed by atoms with E-state index in [0.29, 0.717) is 83.1 Å². The Balaban J connectivity index is 0.000000162. The largest absolute Gasteiger partial charge is 0.508 e. The highest BCUT2D eigenvalue weighted by molar-refractivity contribution is 6.26. The number of amides is 5. The summed E-state index contributed by atoms with van der Waals surface area (Å²) in [6.07, 6.45) is 2.12. The molecule has 1 saturated heterocycles. The van der Waals surface area contributed by atoms with E-state index in [1.54, 1.807) is 30.3 Å². The first-order valence-corrected chi connectivity index (χ1v) is 26.4. The molecular weight excluding hydrogens is 1120 g/mol. The van der Waals surface area contributed by atoms with Crippen LogP contribution in [0.1, 0.15) is 43.9 Å². The molecule has 5 amide bonds. The van der Waals surface area contributed by atoms with E-state index in [1.807, 2.05) is 117 Å². The molecule has 0 radical (unpaired) electrons. The number of hydroxylamine groups is 2. The van der Waals surface area contributed by atoms with Gasteiger partial charge >= 0.3 is 11.9 Å². The Morgan fingerprint density at radius 2 is 1.20 bits per heavy atom. The third-order valence-corrected chi connectivity index (χ3v) is 13.5. The van der Waals surface area contributed by atoms with E-state index in [0.717, 1.165) is 34.4 Å². The molecule has 440 valence electrons. The second kappa shape index (κ2) is 25.8. The molecule has 1 fully saturated rings. The average molecular weight is 1180 g/mol. The van der Waals surface area contributed by atoms with Crippen molar-refractivity contribution in [2.45, 2.75) is 12.8 Å². The molecular formula is C62H55N12O13+. The summed E-state index contributed by atoms with van der Waals surface area (Å²) in [5, 5.41) is 49.0. The molecule has 4 heterocycles. The second-order valence-electron chi connectivity index (χ2n) is 19.9. The summed E-state index contributed by atoms with van der Waals surface area (Å²) >= 11 is 0. The van der Waals surface area contributed by atoms with Gasteiger partial charge in [-0.3, -0.25) is 24.0 Å². The average Bonchev–Trinajstić information content (AvgIpc) is 1.43. The second-order valence-corrected chi connectivity index (χ2v) is 19.9. The molecule has 3 N–H and O–H groups in total. The number of nitrogens with one attached hydrogen (secondary N) is 1. The zero-order valence-electron chi connectivity index (χ0n) is 48.1. The molecule has 87 heavy (non-hydrogen) atoms. The maximum atomic E-state index is 12.9. The number of aromatic nitrogens is 3. The number of ether oxygens (including phenoxy) is 2. The van der Waals surface area contributed by atoms with Gasteiger partial charge in [0.05, 0.1) is 48.5 Å². The molecule has 11 rings (SSSR count). The third-order valence-electron chi connectivity index (χ3n) is 13.5. The van der Waals surface area contributed by atoms with E-state index in [9.17, 15) is 43.8 Å². The van der Waals surface area contributed by atoms with E-state index in [2.05, 4.69) is 35.9 Å². The summed E-state index contributed by atoms with van der Waals surface area (Å²) in [6, 6.07) is 37.5. The molecule has 1 aliphatic carbocycles. The lowest BCUT2D eigenvalue weighted by Gasteiger charge is -2.19. The number of methoxy groups -OCH3 is 2. The topological polar surface area (TPSA) is 308 Å². The summed E-state index contributed by atoms with van der Waals surface area (Å²) in [5.41, 5.74) is 7.89. The highest BCUT2D eigenvalue weighted by Crippen LogP contribution is 2.44. The molecule has 6 aromatic carbocycles. The third kappa shape index (κ3) is 13.4. The molecule has 0 saturated carbocycles. The maximum absolute atomic E-state index is 12.9. The van der Waals surface area contributed by atoms with Crippen LogP contribution in [0.4, 0.5) is 34.1 Å². The molecule has 0 spiro atoms. The molecule has 25 heteroatoms. The Bertz CT molecular complexity index is 4280. The molecule has 1 aromatic heterocycles. The SMILES string of the molecule is CN(C)c1ccc(N=Nc2ccc(C(=O)ON3C(=O)CCC3=O)cc2)cc1.CN(C)c1ccc2c(-c3ccc(C(=O)N4C(=O)C=CC4=O)cc3C(=O)O)c3ccc(=[N+](C)C)cc-3oc2c1.COc1cc(O)cc(OC)c1N=Nc1ccc2n[nH]nc2c1. The first kappa shape index (κ1) is 59.8. The van der Waals surface area contributed by atoms with Crippen molar-refractivity contribution in [3.8, 4) is 39.7 Å². The van der Waals surface area contributed by atoms with E-state index in [-0.39, 0.29) is 35.3 Å². The number of imide groups is 4. The number of azo groups is 2. The molecule has 0 atom stereocenters. The number of hydrogen-bond acceptors (Lipinski definition) is 20. The van der Waals surface area contributed by atoms with Crippen molar-refractivity contribution in [3.63, 3.8) is 0 Å². The first-order valence-electron chi connectivity index (χ1n) is 26.4. The zero-order valence-corrected chi connectivity index (χ0v) is 48.1. The number of phenolic OH excluding ortho intramolecular Hbond substituents is 1. The minimum atomic E-state index is -1.26. The number of aromatic carboxylic acids is 1. The van der Waals surface area contributed by atoms with Gasteiger partial charge in [-0.25, -0.2) is 19.1 Å². The minimum Gasteiger partial charge on any atom is -0.508 e. The van der Waals surface area contributed by atoms with Crippen LogP contribution in [-0.2, 0) is 24.0 Å². The Morgan fingerprint density at radius 1 is 0.632 bits per heavy atom. The summed E-state index contributed by atoms with van der Waals surface area (Å²) in [4.78, 5) is 93.7. The van der Waals surface area contributed by atoms with Crippen molar-refractivity contribution in [2.24, 2.45) is 20.5 Å². The number of carbonyl (C=O) groups excluding carboxylic acids is 6. The van der Waals surface area contributed by atoms with Crippen LogP contribution in [0.15, 0.2) is 170 Å². The normalized spacial score (nSPS) is 12.9. The summed E-state index contributed by atoms with van der Waals surface area (Å²) in [6.45, 7) is 0. The van der Waals surface area contributed by atoms with Gasteiger partial charge in [0.1, 0.15) is 42.2 Å². The standard InChI is InChI=1S/C29H23N3O6.C19H18N4O4.C14H13N5O3/c1-30(2)17-6-9-20-23(14-17)38-24-15-18(31(3)4)7-10-21(24)27(20)19-8-5-16(13-22(19)29(36)37)28(35)32-25(33)11-12-26(32)34;1-22(2)16-9-7-15(8-10-16)21-20-14-5-3-13(4-6-14)19(26)27-23-17(24)11-12-18(23)25;1-21-12-6-9(20)7-13(22-2)14(12)18-15-8-3-4-10-11(5-8)17-19-16-10/h5-15H,1-4H3;3-10H,11-12H2,1-2H3;3-7,20H,1-2H3,(H,16,17,19)/p+1. The van der Waals surface area contributed by atoms with E-state index < -0.39 is 41.5 Å². The summed E-state index contributed by atoms with van der Waals surface area (Å²) < 4.78 is 18.6. The van der Waals surface area contributed by atoms with Gasteiger partial charge in [0.25, 0.3) is 29.5 Å². The molecule has 7 aromatic rings. The lowest BCUT2D eigenvalue weighted by Crippen LogP contribution is -2.36. The lowest BCUT2D eigenvalue weighted by atomic mass is 9.89. The number of fused-ring (bicyclic) bond motifs is 3. The highest BCUT2D eigenvalue weighted by atomic mass is 16.7. The predicted molar refractivity (Wildman–Crippen MR) is 319 cm³/mol. The van der Waals surface area contributed by atoms with E-state index >= 15 is 0 Å². The number of aromatic amines is 1. The predicted octanol–water partition coefficient (Wildman–Crippen LogP) is 9.55. The van der Waals surface area contributed by atoms with Crippen molar-refractivity contribution in [3.05, 3.63) is 168 Å². The molecule has 25 nitrogen and oxygen atoms in total. The number of H-pyrrole nitrogens is 1. The van der Waals surface area contributed by atoms with Gasteiger partial charge in [0.15, 0.2) is 17.2 Å². The molecule has 0 bridgehead atoms. The highest BCUT2D eigenvalue weighted by Gasteiger charge is 2.34. The molecule has 0 unspecified atom stereocenters. The van der Waals surface area contributed by atoms with Crippen LogP contribution in [0, 0.1) is 0 Å².